The highest BCUT2D eigenvalue weighted by molar-refractivity contribution is 9.10. The predicted octanol–water partition coefficient (Wildman–Crippen LogP) is 3.63. The van der Waals surface area contributed by atoms with E-state index >= 15 is 0 Å². The van der Waals surface area contributed by atoms with Gasteiger partial charge in [-0.2, -0.15) is 0 Å². The normalized spacial score (nSPS) is 14.9. The lowest BCUT2D eigenvalue weighted by atomic mass is 9.81. The van der Waals surface area contributed by atoms with Crippen molar-refractivity contribution in [3.8, 4) is 0 Å². The monoisotopic (exact) mass is 269 g/mol. The first kappa shape index (κ1) is 12.7. The zero-order chi connectivity index (χ0) is 11.3. The van der Waals surface area contributed by atoms with Gasteiger partial charge in [-0.25, -0.2) is 0 Å². The largest absolute Gasteiger partial charge is 0.319 e. The molecule has 2 heteroatoms. The van der Waals surface area contributed by atoms with Gasteiger partial charge in [0.1, 0.15) is 0 Å². The Bertz CT molecular complexity index is 311. The molecule has 1 aromatic rings. The molecular formula is C13H20BrN. The molecule has 0 fully saturated rings. The topological polar surface area (TPSA) is 12.0 Å². The van der Waals surface area contributed by atoms with Crippen LogP contribution in [0.5, 0.6) is 0 Å². The molecule has 84 valence electrons. The summed E-state index contributed by atoms with van der Waals surface area (Å²) in [6.45, 7) is 5.65. The third-order valence-corrected chi connectivity index (χ3v) is 3.81. The second kappa shape index (κ2) is 5.66. The molecule has 0 aromatic heterocycles. The van der Waals surface area contributed by atoms with Gasteiger partial charge >= 0.3 is 0 Å². The van der Waals surface area contributed by atoms with Gasteiger partial charge in [0.15, 0.2) is 0 Å². The van der Waals surface area contributed by atoms with E-state index in [2.05, 4.69) is 59.4 Å². The lowest BCUT2D eigenvalue weighted by Crippen LogP contribution is -2.31. The van der Waals surface area contributed by atoms with E-state index in [4.69, 9.17) is 0 Å². The molecule has 15 heavy (non-hydrogen) atoms. The molecule has 1 rings (SSSR count). The number of hydrogen-bond donors (Lipinski definition) is 1. The molecular weight excluding hydrogens is 250 g/mol. The maximum atomic E-state index is 3.61. The van der Waals surface area contributed by atoms with Crippen molar-refractivity contribution in [2.75, 3.05) is 13.6 Å². The molecule has 0 spiro atoms. The van der Waals surface area contributed by atoms with Gasteiger partial charge < -0.3 is 5.32 Å². The van der Waals surface area contributed by atoms with Gasteiger partial charge in [-0.1, -0.05) is 48.0 Å². The fourth-order valence-electron chi connectivity index (χ4n) is 1.84. The summed E-state index contributed by atoms with van der Waals surface area (Å²) in [5.41, 5.74) is 1.75. The first-order chi connectivity index (χ1) is 7.11. The van der Waals surface area contributed by atoms with E-state index in [-0.39, 0.29) is 0 Å². The van der Waals surface area contributed by atoms with Crippen molar-refractivity contribution in [3.05, 3.63) is 34.3 Å². The summed E-state index contributed by atoms with van der Waals surface area (Å²) >= 11 is 3.61. The van der Waals surface area contributed by atoms with Crippen LogP contribution >= 0.6 is 15.9 Å². The van der Waals surface area contributed by atoms with E-state index in [9.17, 15) is 0 Å². The number of benzene rings is 1. The summed E-state index contributed by atoms with van der Waals surface area (Å²) in [7, 11) is 2.02. The number of halogens is 1. The van der Waals surface area contributed by atoms with Gasteiger partial charge in [0.05, 0.1) is 0 Å². The van der Waals surface area contributed by atoms with Crippen molar-refractivity contribution >= 4 is 15.9 Å². The first-order valence-corrected chi connectivity index (χ1v) is 6.28. The Kier molecular flexibility index (Phi) is 4.81. The lowest BCUT2D eigenvalue weighted by molar-refractivity contribution is 0.298. The van der Waals surface area contributed by atoms with Gasteiger partial charge in [0.25, 0.3) is 0 Å². The van der Waals surface area contributed by atoms with Crippen LogP contribution in [0.15, 0.2) is 28.7 Å². The van der Waals surface area contributed by atoms with Crippen LogP contribution in [0.4, 0.5) is 0 Å². The third-order valence-electron chi connectivity index (χ3n) is 3.03. The summed E-state index contributed by atoms with van der Waals surface area (Å²) in [4.78, 5) is 0. The molecule has 0 saturated heterocycles. The lowest BCUT2D eigenvalue weighted by Gasteiger charge is -2.28. The number of rotatable bonds is 5. The quantitative estimate of drug-likeness (QED) is 0.861. The maximum Gasteiger partial charge on any atom is 0.0207 e. The minimum Gasteiger partial charge on any atom is -0.319 e. The zero-order valence-electron chi connectivity index (χ0n) is 9.81. The van der Waals surface area contributed by atoms with E-state index in [0.29, 0.717) is 5.41 Å². The molecule has 0 aliphatic rings. The highest BCUT2D eigenvalue weighted by Gasteiger charge is 2.22. The van der Waals surface area contributed by atoms with Crippen molar-refractivity contribution in [3.63, 3.8) is 0 Å². The van der Waals surface area contributed by atoms with Gasteiger partial charge in [0, 0.05) is 11.0 Å². The van der Waals surface area contributed by atoms with Crippen LogP contribution in [-0.4, -0.2) is 13.6 Å². The van der Waals surface area contributed by atoms with Crippen LogP contribution in [0, 0.1) is 5.41 Å². The van der Waals surface area contributed by atoms with Gasteiger partial charge in [0.2, 0.25) is 0 Å². The Morgan fingerprint density at radius 1 is 1.33 bits per heavy atom. The standard InChI is InChI=1S/C13H20BrN/c1-4-13(2,10-15-3)9-11-7-5-6-8-12(11)14/h5-8,15H,4,9-10H2,1-3H3. The molecule has 1 unspecified atom stereocenters. The molecule has 0 amide bonds. The van der Waals surface area contributed by atoms with E-state index in [1.54, 1.807) is 0 Å². The molecule has 0 radical (unpaired) electrons. The van der Waals surface area contributed by atoms with Crippen LogP contribution < -0.4 is 5.32 Å². The van der Waals surface area contributed by atoms with Crippen molar-refractivity contribution in [1.82, 2.24) is 5.32 Å². The Hall–Kier alpha value is -0.340. The molecule has 1 aromatic carbocycles. The minimum atomic E-state index is 0.346. The fraction of sp³-hybridized carbons (Fsp3) is 0.538. The molecule has 0 heterocycles. The Balaban J connectivity index is 2.79. The van der Waals surface area contributed by atoms with E-state index < -0.39 is 0 Å². The van der Waals surface area contributed by atoms with Crippen LogP contribution in [0.3, 0.4) is 0 Å². The van der Waals surface area contributed by atoms with Gasteiger partial charge in [-0.3, -0.25) is 0 Å². The molecule has 1 N–H and O–H groups in total. The van der Waals surface area contributed by atoms with Gasteiger partial charge in [-0.05, 0) is 36.9 Å². The predicted molar refractivity (Wildman–Crippen MR) is 70.2 cm³/mol. The van der Waals surface area contributed by atoms with E-state index in [0.717, 1.165) is 13.0 Å². The SMILES string of the molecule is CCC(C)(CNC)Cc1ccccc1Br. The van der Waals surface area contributed by atoms with E-state index in [1.165, 1.54) is 16.5 Å². The van der Waals surface area contributed by atoms with Crippen LogP contribution in [0.25, 0.3) is 0 Å². The average Bonchev–Trinajstić information content (AvgIpc) is 2.22. The Labute approximate surface area is 101 Å². The Morgan fingerprint density at radius 2 is 2.00 bits per heavy atom. The maximum absolute atomic E-state index is 3.61. The molecule has 0 aliphatic carbocycles. The van der Waals surface area contributed by atoms with Crippen molar-refractivity contribution < 1.29 is 0 Å². The molecule has 0 aliphatic heterocycles. The second-order valence-corrected chi connectivity index (χ2v) is 5.32. The third kappa shape index (κ3) is 3.62. The van der Waals surface area contributed by atoms with Crippen molar-refractivity contribution in [1.29, 1.82) is 0 Å². The molecule has 0 saturated carbocycles. The smallest absolute Gasteiger partial charge is 0.0207 e. The van der Waals surface area contributed by atoms with Crippen LogP contribution in [0.1, 0.15) is 25.8 Å². The summed E-state index contributed by atoms with van der Waals surface area (Å²) < 4.78 is 1.22. The molecule has 0 bridgehead atoms. The number of nitrogens with one attached hydrogen (secondary N) is 1. The highest BCUT2D eigenvalue weighted by Crippen LogP contribution is 2.29. The summed E-state index contributed by atoms with van der Waals surface area (Å²) in [5, 5.41) is 3.28. The summed E-state index contributed by atoms with van der Waals surface area (Å²) in [6.07, 6.45) is 2.31. The highest BCUT2D eigenvalue weighted by atomic mass is 79.9. The van der Waals surface area contributed by atoms with Gasteiger partial charge in [-0.15, -0.1) is 0 Å². The van der Waals surface area contributed by atoms with Crippen LogP contribution in [-0.2, 0) is 6.42 Å². The van der Waals surface area contributed by atoms with Crippen LogP contribution in [0.2, 0.25) is 0 Å². The summed E-state index contributed by atoms with van der Waals surface area (Å²) in [5.74, 6) is 0. The van der Waals surface area contributed by atoms with Crippen molar-refractivity contribution in [2.24, 2.45) is 5.41 Å². The zero-order valence-corrected chi connectivity index (χ0v) is 11.4. The van der Waals surface area contributed by atoms with E-state index in [1.807, 2.05) is 7.05 Å². The average molecular weight is 270 g/mol. The Morgan fingerprint density at radius 3 is 2.53 bits per heavy atom. The number of hydrogen-bond acceptors (Lipinski definition) is 1. The first-order valence-electron chi connectivity index (χ1n) is 5.49. The second-order valence-electron chi connectivity index (χ2n) is 4.46. The fourth-order valence-corrected chi connectivity index (χ4v) is 2.27. The summed E-state index contributed by atoms with van der Waals surface area (Å²) in [6, 6.07) is 8.49. The van der Waals surface area contributed by atoms with Crippen molar-refractivity contribution in [2.45, 2.75) is 26.7 Å². The molecule has 1 nitrogen and oxygen atoms in total. The molecule has 1 atom stereocenters. The minimum absolute atomic E-state index is 0.346.